The van der Waals surface area contributed by atoms with E-state index in [2.05, 4.69) is 10.6 Å². The third-order valence-corrected chi connectivity index (χ3v) is 5.25. The molecule has 0 radical (unpaired) electrons. The van der Waals surface area contributed by atoms with Crippen LogP contribution in [-0.4, -0.2) is 34.9 Å². The molecule has 0 saturated carbocycles. The minimum Gasteiger partial charge on any atom is -0.332 e. The van der Waals surface area contributed by atoms with Crippen LogP contribution in [0.15, 0.2) is 0 Å². The average Bonchev–Trinajstić information content (AvgIpc) is 2.84. The van der Waals surface area contributed by atoms with Crippen molar-refractivity contribution in [1.82, 2.24) is 10.6 Å². The first-order chi connectivity index (χ1) is 8.58. The molecule has 3 atom stereocenters. The number of urea groups is 1. The maximum Gasteiger partial charge on any atom is 0.315 e. The molecule has 4 nitrogen and oxygen atoms in total. The molecule has 2 saturated heterocycles. The highest BCUT2D eigenvalue weighted by Gasteiger charge is 2.42. The Bertz CT molecular complexity index is 333. The zero-order chi connectivity index (χ0) is 13.1. The first kappa shape index (κ1) is 13.7. The number of amides is 2. The Morgan fingerprint density at radius 3 is 2.89 bits per heavy atom. The molecule has 2 aliphatic rings. The predicted octanol–water partition coefficient (Wildman–Crippen LogP) is 1.94. The summed E-state index contributed by atoms with van der Waals surface area (Å²) in [6, 6.07) is 0.582. The van der Waals surface area contributed by atoms with Crippen LogP contribution in [0.25, 0.3) is 0 Å². The van der Waals surface area contributed by atoms with Gasteiger partial charge in [0.25, 0.3) is 0 Å². The van der Waals surface area contributed by atoms with Crippen LogP contribution < -0.4 is 10.6 Å². The molecule has 18 heavy (non-hydrogen) atoms. The lowest BCUT2D eigenvalue weighted by Crippen LogP contribution is -2.36. The SMILES string of the molecule is CC(C)C(=O)CCCCC1SCC2NC(=O)NC21. The Balaban J connectivity index is 1.66. The van der Waals surface area contributed by atoms with Crippen molar-refractivity contribution in [3.05, 3.63) is 0 Å². The minimum atomic E-state index is -0.0229. The topological polar surface area (TPSA) is 58.2 Å². The quantitative estimate of drug-likeness (QED) is 0.573. The Hall–Kier alpha value is -0.710. The highest BCUT2D eigenvalue weighted by atomic mass is 32.2. The molecule has 2 fully saturated rings. The number of ketones is 1. The van der Waals surface area contributed by atoms with Gasteiger partial charge < -0.3 is 10.6 Å². The van der Waals surface area contributed by atoms with E-state index in [4.69, 9.17) is 0 Å². The van der Waals surface area contributed by atoms with E-state index in [0.717, 1.165) is 25.0 Å². The van der Waals surface area contributed by atoms with Crippen molar-refractivity contribution >= 4 is 23.6 Å². The normalized spacial score (nSPS) is 30.2. The van der Waals surface area contributed by atoms with Crippen LogP contribution in [0.4, 0.5) is 4.79 Å². The number of carbonyl (C=O) groups excluding carboxylic acids is 2. The number of carbonyl (C=O) groups is 2. The molecule has 0 aliphatic carbocycles. The van der Waals surface area contributed by atoms with E-state index in [1.54, 1.807) is 0 Å². The van der Waals surface area contributed by atoms with Crippen molar-refractivity contribution in [1.29, 1.82) is 0 Å². The predicted molar refractivity (Wildman–Crippen MR) is 73.8 cm³/mol. The van der Waals surface area contributed by atoms with Crippen molar-refractivity contribution in [3.8, 4) is 0 Å². The van der Waals surface area contributed by atoms with Crippen LogP contribution in [0.1, 0.15) is 39.5 Å². The molecule has 2 rings (SSSR count). The van der Waals surface area contributed by atoms with E-state index in [1.165, 1.54) is 0 Å². The van der Waals surface area contributed by atoms with Gasteiger partial charge in [-0.05, 0) is 12.8 Å². The van der Waals surface area contributed by atoms with Gasteiger partial charge in [-0.1, -0.05) is 20.3 Å². The van der Waals surface area contributed by atoms with Gasteiger partial charge in [0.05, 0.1) is 12.1 Å². The summed E-state index contributed by atoms with van der Waals surface area (Å²) in [5.74, 6) is 1.54. The molecule has 0 spiro atoms. The van der Waals surface area contributed by atoms with Crippen molar-refractivity contribution in [2.75, 3.05) is 5.75 Å². The highest BCUT2D eigenvalue weighted by molar-refractivity contribution is 8.00. The summed E-state index contributed by atoms with van der Waals surface area (Å²) in [4.78, 5) is 22.7. The van der Waals surface area contributed by atoms with Gasteiger partial charge in [-0.15, -0.1) is 0 Å². The molecule has 2 amide bonds. The number of fused-ring (bicyclic) bond motifs is 1. The fourth-order valence-corrected chi connectivity index (χ4v) is 4.12. The molecule has 102 valence electrons. The summed E-state index contributed by atoms with van der Waals surface area (Å²) in [6.07, 6.45) is 3.86. The monoisotopic (exact) mass is 270 g/mol. The van der Waals surface area contributed by atoms with Crippen molar-refractivity contribution in [3.63, 3.8) is 0 Å². The van der Waals surface area contributed by atoms with E-state index in [1.807, 2.05) is 25.6 Å². The first-order valence-corrected chi connectivity index (χ1v) is 7.84. The number of unbranched alkanes of at least 4 members (excludes halogenated alkanes) is 1. The molecule has 2 heterocycles. The largest absolute Gasteiger partial charge is 0.332 e. The van der Waals surface area contributed by atoms with Gasteiger partial charge in [-0.3, -0.25) is 4.79 Å². The molecule has 5 heteroatoms. The van der Waals surface area contributed by atoms with Gasteiger partial charge in [-0.25, -0.2) is 4.79 Å². The maximum absolute atomic E-state index is 11.5. The van der Waals surface area contributed by atoms with Gasteiger partial charge in [-0.2, -0.15) is 11.8 Å². The summed E-state index contributed by atoms with van der Waals surface area (Å²) in [5.41, 5.74) is 0. The van der Waals surface area contributed by atoms with E-state index >= 15 is 0 Å². The number of hydrogen-bond acceptors (Lipinski definition) is 3. The Morgan fingerprint density at radius 1 is 1.39 bits per heavy atom. The van der Waals surface area contributed by atoms with Crippen LogP contribution in [0.3, 0.4) is 0 Å². The Morgan fingerprint density at radius 2 is 2.17 bits per heavy atom. The highest BCUT2D eigenvalue weighted by Crippen LogP contribution is 2.33. The zero-order valence-electron chi connectivity index (χ0n) is 11.1. The van der Waals surface area contributed by atoms with Gasteiger partial charge >= 0.3 is 6.03 Å². The smallest absolute Gasteiger partial charge is 0.315 e. The van der Waals surface area contributed by atoms with Crippen LogP contribution >= 0.6 is 11.8 Å². The standard InChI is InChI=1S/C13H22N2O2S/c1-8(2)10(16)5-3-4-6-11-12-9(7-18-11)14-13(17)15-12/h8-9,11-12H,3-7H2,1-2H3,(H2,14,15,17). The lowest BCUT2D eigenvalue weighted by molar-refractivity contribution is -0.122. The molecule has 0 aromatic carbocycles. The number of hydrogen-bond donors (Lipinski definition) is 2. The fourth-order valence-electron chi connectivity index (χ4n) is 2.58. The summed E-state index contributed by atoms with van der Waals surface area (Å²) >= 11 is 1.94. The van der Waals surface area contributed by atoms with E-state index < -0.39 is 0 Å². The van der Waals surface area contributed by atoms with Crippen molar-refractivity contribution in [2.24, 2.45) is 5.92 Å². The van der Waals surface area contributed by atoms with Gasteiger partial charge in [0.1, 0.15) is 5.78 Å². The Labute approximate surface area is 113 Å². The molecule has 0 bridgehead atoms. The van der Waals surface area contributed by atoms with Gasteiger partial charge in [0, 0.05) is 23.3 Å². The summed E-state index contributed by atoms with van der Waals surface area (Å²) in [7, 11) is 0. The number of thioether (sulfide) groups is 1. The van der Waals surface area contributed by atoms with Crippen LogP contribution in [0.2, 0.25) is 0 Å². The summed E-state index contributed by atoms with van der Waals surface area (Å²) in [6.45, 7) is 3.92. The Kier molecular flexibility index (Phi) is 4.54. The van der Waals surface area contributed by atoms with Crippen LogP contribution in [0.5, 0.6) is 0 Å². The molecule has 2 aliphatic heterocycles. The molecule has 2 N–H and O–H groups in total. The molecule has 0 aromatic rings. The van der Waals surface area contributed by atoms with Crippen LogP contribution in [0, 0.1) is 5.92 Å². The van der Waals surface area contributed by atoms with E-state index in [-0.39, 0.29) is 11.9 Å². The van der Waals surface area contributed by atoms with Gasteiger partial charge in [0.15, 0.2) is 0 Å². The number of rotatable bonds is 6. The van der Waals surface area contributed by atoms with Gasteiger partial charge in [0.2, 0.25) is 0 Å². The first-order valence-electron chi connectivity index (χ1n) is 6.79. The second kappa shape index (κ2) is 5.95. The molecular formula is C13H22N2O2S. The number of nitrogens with one attached hydrogen (secondary N) is 2. The third kappa shape index (κ3) is 3.19. The lowest BCUT2D eigenvalue weighted by Gasteiger charge is -2.16. The maximum atomic E-state index is 11.5. The van der Waals surface area contributed by atoms with E-state index in [0.29, 0.717) is 29.5 Å². The average molecular weight is 270 g/mol. The fraction of sp³-hybridized carbons (Fsp3) is 0.846. The van der Waals surface area contributed by atoms with E-state index in [9.17, 15) is 9.59 Å². The summed E-state index contributed by atoms with van der Waals surface area (Å²) in [5, 5.41) is 6.46. The van der Waals surface area contributed by atoms with Crippen molar-refractivity contribution in [2.45, 2.75) is 56.9 Å². The summed E-state index contributed by atoms with van der Waals surface area (Å²) < 4.78 is 0. The van der Waals surface area contributed by atoms with Crippen molar-refractivity contribution < 1.29 is 9.59 Å². The lowest BCUT2D eigenvalue weighted by atomic mass is 10.00. The zero-order valence-corrected chi connectivity index (χ0v) is 11.9. The molecule has 3 unspecified atom stereocenters. The minimum absolute atomic E-state index is 0.0229. The van der Waals surface area contributed by atoms with Crippen LogP contribution in [-0.2, 0) is 4.79 Å². The second-order valence-corrected chi connectivity index (χ2v) is 6.76. The number of Topliss-reactive ketones (excluding diaryl/α,β-unsaturated/α-hetero) is 1. The third-order valence-electron chi connectivity index (χ3n) is 3.74. The molecular weight excluding hydrogens is 248 g/mol. The molecule has 0 aromatic heterocycles. The second-order valence-electron chi connectivity index (χ2n) is 5.49.